The Morgan fingerprint density at radius 2 is 1.62 bits per heavy atom. The van der Waals surface area contributed by atoms with Crippen molar-refractivity contribution in [1.29, 1.82) is 10.5 Å². The Labute approximate surface area is 130 Å². The molecule has 1 rings (SSSR count). The van der Waals surface area contributed by atoms with E-state index in [0.717, 1.165) is 12.1 Å². The lowest BCUT2D eigenvalue weighted by molar-refractivity contribution is -0.137. The maximum Gasteiger partial charge on any atom is 0.416 e. The zero-order valence-electron chi connectivity index (χ0n) is 10.6. The van der Waals surface area contributed by atoms with E-state index < -0.39 is 17.2 Å². The molecule has 0 saturated heterocycles. The Hall–Kier alpha value is -1.69. The van der Waals surface area contributed by atoms with Crippen molar-refractivity contribution in [2.24, 2.45) is 5.41 Å². The number of alkyl halides is 3. The topological polar surface area (TPSA) is 47.6 Å². The largest absolute Gasteiger partial charge is 0.416 e. The Morgan fingerprint density at radius 3 is 2.00 bits per heavy atom. The van der Waals surface area contributed by atoms with Gasteiger partial charge in [-0.1, -0.05) is 41.4 Å². The van der Waals surface area contributed by atoms with Gasteiger partial charge in [0.05, 0.1) is 17.7 Å². The molecule has 0 spiro atoms. The minimum atomic E-state index is -4.42. The van der Waals surface area contributed by atoms with Crippen LogP contribution in [0.3, 0.4) is 0 Å². The SMILES string of the molecule is N#CC(C#N)(CC=C(Cl)Cl)Cc1ccc(C(F)(F)F)cc1. The molecule has 110 valence electrons. The number of allylic oxidation sites excluding steroid dienone is 1. The number of benzene rings is 1. The third-order valence-electron chi connectivity index (χ3n) is 2.82. The van der Waals surface area contributed by atoms with Gasteiger partial charge in [0.15, 0.2) is 5.41 Å². The fourth-order valence-electron chi connectivity index (χ4n) is 1.68. The second-order valence-corrected chi connectivity index (χ2v) is 5.38. The van der Waals surface area contributed by atoms with Gasteiger partial charge in [-0.25, -0.2) is 0 Å². The van der Waals surface area contributed by atoms with E-state index in [1.54, 1.807) is 0 Å². The van der Waals surface area contributed by atoms with E-state index in [9.17, 15) is 13.2 Å². The maximum absolute atomic E-state index is 12.5. The van der Waals surface area contributed by atoms with Gasteiger partial charge in [0.2, 0.25) is 0 Å². The van der Waals surface area contributed by atoms with E-state index in [0.29, 0.717) is 5.56 Å². The molecule has 0 bridgehead atoms. The summed E-state index contributed by atoms with van der Waals surface area (Å²) >= 11 is 10.9. The molecule has 7 heteroatoms. The number of halogens is 5. The summed E-state index contributed by atoms with van der Waals surface area (Å²) in [5, 5.41) is 18.3. The van der Waals surface area contributed by atoms with Gasteiger partial charge in [-0.05, 0) is 17.7 Å². The normalized spacial score (nSPS) is 11.4. The average molecular weight is 333 g/mol. The highest BCUT2D eigenvalue weighted by Gasteiger charge is 2.32. The molecular formula is C14H9Cl2F3N2. The van der Waals surface area contributed by atoms with Gasteiger partial charge in [0.1, 0.15) is 4.49 Å². The van der Waals surface area contributed by atoms with Crippen molar-refractivity contribution in [2.45, 2.75) is 19.0 Å². The van der Waals surface area contributed by atoms with Gasteiger partial charge in [0.25, 0.3) is 0 Å². The molecule has 0 N–H and O–H groups in total. The first-order chi connectivity index (χ1) is 9.72. The van der Waals surface area contributed by atoms with E-state index in [2.05, 4.69) is 0 Å². The summed E-state index contributed by atoms with van der Waals surface area (Å²) in [4.78, 5) is 0. The van der Waals surface area contributed by atoms with Crippen molar-refractivity contribution in [3.8, 4) is 12.1 Å². The summed E-state index contributed by atoms with van der Waals surface area (Å²) in [6.45, 7) is 0. The van der Waals surface area contributed by atoms with Gasteiger partial charge < -0.3 is 0 Å². The molecule has 0 aliphatic rings. The molecule has 0 atom stereocenters. The molecule has 2 nitrogen and oxygen atoms in total. The zero-order valence-corrected chi connectivity index (χ0v) is 12.1. The Bertz CT molecular complexity index is 589. The quantitative estimate of drug-likeness (QED) is 0.779. The second kappa shape index (κ2) is 6.85. The minimum absolute atomic E-state index is 0.0106. The lowest BCUT2D eigenvalue weighted by Gasteiger charge is -2.17. The first-order valence-electron chi connectivity index (χ1n) is 5.72. The summed E-state index contributed by atoms with van der Waals surface area (Å²) < 4.78 is 37.3. The van der Waals surface area contributed by atoms with Crippen molar-refractivity contribution >= 4 is 23.2 Å². The molecule has 0 unspecified atom stereocenters. The Morgan fingerprint density at radius 1 is 1.10 bits per heavy atom. The van der Waals surface area contributed by atoms with E-state index in [1.165, 1.54) is 18.2 Å². The number of nitrogens with zero attached hydrogens (tertiary/aromatic N) is 2. The first-order valence-corrected chi connectivity index (χ1v) is 6.48. The molecule has 21 heavy (non-hydrogen) atoms. The molecule has 1 aromatic rings. The van der Waals surface area contributed by atoms with Crippen molar-refractivity contribution in [3.63, 3.8) is 0 Å². The summed E-state index contributed by atoms with van der Waals surface area (Å²) in [6.07, 6.45) is -3.13. The fraction of sp³-hybridized carbons (Fsp3) is 0.286. The summed E-state index contributed by atoms with van der Waals surface area (Å²) in [7, 11) is 0. The van der Waals surface area contributed by atoms with Crippen molar-refractivity contribution in [3.05, 3.63) is 46.0 Å². The highest BCUT2D eigenvalue weighted by atomic mass is 35.5. The van der Waals surface area contributed by atoms with Crippen LogP contribution < -0.4 is 0 Å². The molecule has 0 aromatic heterocycles. The highest BCUT2D eigenvalue weighted by Crippen LogP contribution is 2.31. The summed E-state index contributed by atoms with van der Waals surface area (Å²) in [6, 6.07) is 8.07. The van der Waals surface area contributed by atoms with Crippen LogP contribution in [0.1, 0.15) is 17.5 Å². The molecule has 0 fully saturated rings. The average Bonchev–Trinajstić information content (AvgIpc) is 2.43. The number of rotatable bonds is 4. The van der Waals surface area contributed by atoms with Crippen molar-refractivity contribution in [1.82, 2.24) is 0 Å². The van der Waals surface area contributed by atoms with Crippen molar-refractivity contribution in [2.75, 3.05) is 0 Å². The summed E-state index contributed by atoms with van der Waals surface area (Å²) in [5.41, 5.74) is -1.76. The number of hydrogen-bond acceptors (Lipinski definition) is 2. The molecule has 1 aromatic carbocycles. The molecule has 0 aliphatic carbocycles. The molecule has 0 radical (unpaired) electrons. The van der Waals surface area contributed by atoms with Crippen molar-refractivity contribution < 1.29 is 13.2 Å². The third kappa shape index (κ3) is 4.97. The minimum Gasteiger partial charge on any atom is -0.197 e. The molecular weight excluding hydrogens is 324 g/mol. The summed E-state index contributed by atoms with van der Waals surface area (Å²) in [5.74, 6) is 0. The Balaban J connectivity index is 2.99. The standard InChI is InChI=1S/C14H9Cl2F3N2/c15-12(16)5-6-13(8-20,9-21)7-10-1-3-11(4-2-10)14(17,18)19/h1-5H,6-7H2. The van der Waals surface area contributed by atoms with Crippen LogP contribution in [0.4, 0.5) is 13.2 Å². The van der Waals surface area contributed by atoms with Gasteiger partial charge in [0, 0.05) is 12.8 Å². The smallest absolute Gasteiger partial charge is 0.197 e. The number of hydrogen-bond donors (Lipinski definition) is 0. The maximum atomic E-state index is 12.5. The predicted octanol–water partition coefficient (Wildman–Crippen LogP) is 4.99. The molecule has 0 amide bonds. The fourth-order valence-corrected chi connectivity index (χ4v) is 1.83. The van der Waals surface area contributed by atoms with Gasteiger partial charge in [-0.15, -0.1) is 0 Å². The lowest BCUT2D eigenvalue weighted by Crippen LogP contribution is -2.19. The molecule has 0 heterocycles. The van der Waals surface area contributed by atoms with Crippen LogP contribution in [0.25, 0.3) is 0 Å². The number of nitriles is 2. The third-order valence-corrected chi connectivity index (χ3v) is 3.13. The monoisotopic (exact) mass is 332 g/mol. The predicted molar refractivity (Wildman–Crippen MR) is 73.2 cm³/mol. The van der Waals surface area contributed by atoms with Crippen LogP contribution in [-0.2, 0) is 12.6 Å². The van der Waals surface area contributed by atoms with Crippen LogP contribution in [-0.4, -0.2) is 0 Å². The first kappa shape index (κ1) is 17.4. The van der Waals surface area contributed by atoms with Crippen LogP contribution in [0.15, 0.2) is 34.8 Å². The second-order valence-electron chi connectivity index (χ2n) is 4.38. The van der Waals surface area contributed by atoms with E-state index in [1.807, 2.05) is 12.1 Å². The van der Waals surface area contributed by atoms with Crippen LogP contribution in [0.5, 0.6) is 0 Å². The van der Waals surface area contributed by atoms with Crippen LogP contribution in [0.2, 0.25) is 0 Å². The van der Waals surface area contributed by atoms with Gasteiger partial charge in [-0.2, -0.15) is 23.7 Å². The molecule has 0 aliphatic heterocycles. The zero-order chi connectivity index (χ0) is 16.1. The van der Waals surface area contributed by atoms with Gasteiger partial charge in [-0.3, -0.25) is 0 Å². The van der Waals surface area contributed by atoms with Crippen LogP contribution in [0, 0.1) is 28.1 Å². The van der Waals surface area contributed by atoms with Crippen LogP contribution >= 0.6 is 23.2 Å². The van der Waals surface area contributed by atoms with E-state index >= 15 is 0 Å². The van der Waals surface area contributed by atoms with E-state index in [4.69, 9.17) is 33.7 Å². The van der Waals surface area contributed by atoms with E-state index in [-0.39, 0.29) is 17.3 Å². The molecule has 0 saturated carbocycles. The van der Waals surface area contributed by atoms with Gasteiger partial charge >= 0.3 is 6.18 Å². The Kier molecular flexibility index (Phi) is 5.66. The lowest BCUT2D eigenvalue weighted by atomic mass is 9.81. The highest BCUT2D eigenvalue weighted by molar-refractivity contribution is 6.55.